The average molecular weight is 891 g/mol. The number of amides is 1. The van der Waals surface area contributed by atoms with Crippen LogP contribution in [0.2, 0.25) is 0 Å². The molecule has 0 saturated heterocycles. The number of hydrogen-bond donors (Lipinski definition) is 4. The van der Waals surface area contributed by atoms with Crippen LogP contribution in [0.25, 0.3) is 22.5 Å². The zero-order chi connectivity index (χ0) is 46.7. The molecule has 2 atom stereocenters. The maximum atomic E-state index is 16.2. The first kappa shape index (κ1) is 47.0. The van der Waals surface area contributed by atoms with E-state index >= 15 is 4.39 Å². The zero-order valence-corrected chi connectivity index (χ0v) is 38.2. The van der Waals surface area contributed by atoms with E-state index in [1.165, 1.54) is 31.9 Å². The second kappa shape index (κ2) is 18.7. The SMILES string of the molecule is COc1c(CCc2ccc(C(C(N)=O)C(c3ccc(CCc4cc(-c5ncc[nH]c5=O)c(F)c(C(C)(C)C)c4OC)cc3)S(N)(=O)=O)cc2)cc(-c2ncc[nH]c2=O)cc1C(C)(C)C. The summed E-state index contributed by atoms with van der Waals surface area (Å²) >= 11 is 0. The number of rotatable bonds is 15. The number of methoxy groups -OCH3 is 2. The van der Waals surface area contributed by atoms with E-state index in [1.54, 1.807) is 49.6 Å². The largest absolute Gasteiger partial charge is 0.496 e. The summed E-state index contributed by atoms with van der Waals surface area (Å²) in [4.78, 5) is 52.3. The van der Waals surface area contributed by atoms with Gasteiger partial charge in [0, 0.05) is 47.0 Å². The van der Waals surface area contributed by atoms with Crippen molar-refractivity contribution in [1.82, 2.24) is 19.9 Å². The molecule has 0 radical (unpaired) electrons. The number of halogens is 1. The highest BCUT2D eigenvalue weighted by Crippen LogP contribution is 2.42. The topological polar surface area (TPSA) is 213 Å². The first-order chi connectivity index (χ1) is 30.1. The number of benzene rings is 4. The van der Waals surface area contributed by atoms with Crippen molar-refractivity contribution in [1.29, 1.82) is 0 Å². The molecule has 2 unspecified atom stereocenters. The van der Waals surface area contributed by atoms with E-state index < -0.39 is 43.9 Å². The number of primary amides is 1. The number of nitrogens with one attached hydrogen (secondary N) is 2. The lowest BCUT2D eigenvalue weighted by molar-refractivity contribution is -0.119. The highest BCUT2D eigenvalue weighted by Gasteiger charge is 2.38. The van der Waals surface area contributed by atoms with Crippen molar-refractivity contribution < 1.29 is 27.1 Å². The minimum atomic E-state index is -4.39. The molecular formula is C49H55FN6O7S. The fraction of sp³-hybridized carbons (Fsp3) is 0.327. The van der Waals surface area contributed by atoms with E-state index in [0.29, 0.717) is 65.1 Å². The van der Waals surface area contributed by atoms with Crippen molar-refractivity contribution in [2.75, 3.05) is 14.2 Å². The minimum absolute atomic E-state index is 0.0516. The molecule has 336 valence electrons. The molecule has 4 aromatic carbocycles. The number of sulfonamides is 1. The summed E-state index contributed by atoms with van der Waals surface area (Å²) in [6.07, 6.45) is 7.69. The molecule has 0 fully saturated rings. The van der Waals surface area contributed by atoms with Crippen LogP contribution in [-0.4, -0.2) is 48.5 Å². The van der Waals surface area contributed by atoms with Crippen molar-refractivity contribution in [2.45, 2.75) is 89.2 Å². The van der Waals surface area contributed by atoms with Crippen LogP contribution in [0, 0.1) is 5.82 Å². The van der Waals surface area contributed by atoms with Crippen molar-refractivity contribution >= 4 is 15.9 Å². The van der Waals surface area contributed by atoms with E-state index in [0.717, 1.165) is 22.3 Å². The lowest BCUT2D eigenvalue weighted by Gasteiger charge is -2.26. The van der Waals surface area contributed by atoms with Gasteiger partial charge in [0.25, 0.3) is 11.1 Å². The van der Waals surface area contributed by atoms with Crippen LogP contribution in [0.4, 0.5) is 4.39 Å². The Labute approximate surface area is 372 Å². The van der Waals surface area contributed by atoms with Crippen molar-refractivity contribution in [3.05, 3.63) is 163 Å². The summed E-state index contributed by atoms with van der Waals surface area (Å²) in [6.45, 7) is 11.8. The van der Waals surface area contributed by atoms with Crippen LogP contribution in [0.1, 0.15) is 97.2 Å². The number of H-pyrrole nitrogens is 2. The lowest BCUT2D eigenvalue weighted by atomic mass is 9.82. The third kappa shape index (κ3) is 10.2. The molecule has 0 spiro atoms. The number of carbonyl (C=O) groups excluding carboxylic acids is 1. The minimum Gasteiger partial charge on any atom is -0.496 e. The maximum absolute atomic E-state index is 16.2. The summed E-state index contributed by atoms with van der Waals surface area (Å²) in [5, 5.41) is 4.36. The van der Waals surface area contributed by atoms with Crippen molar-refractivity contribution in [3.63, 3.8) is 0 Å². The number of nitrogens with two attached hydrogens (primary N) is 2. The molecule has 0 aliphatic heterocycles. The Balaban J connectivity index is 1.26. The molecule has 0 aliphatic carbocycles. The predicted octanol–water partition coefficient (Wildman–Crippen LogP) is 7.11. The average Bonchev–Trinajstić information content (AvgIpc) is 3.23. The van der Waals surface area contributed by atoms with Gasteiger partial charge < -0.3 is 25.2 Å². The van der Waals surface area contributed by atoms with Gasteiger partial charge in [-0.2, -0.15) is 0 Å². The first-order valence-corrected chi connectivity index (χ1v) is 22.4. The highest BCUT2D eigenvalue weighted by molar-refractivity contribution is 7.89. The summed E-state index contributed by atoms with van der Waals surface area (Å²) in [6, 6.07) is 19.2. The number of ether oxygens (including phenoxy) is 2. The molecule has 2 aromatic heterocycles. The lowest BCUT2D eigenvalue weighted by Crippen LogP contribution is -2.34. The molecule has 2 heterocycles. The zero-order valence-electron chi connectivity index (χ0n) is 37.3. The number of aryl methyl sites for hydroxylation is 4. The van der Waals surface area contributed by atoms with Crippen LogP contribution in [0.15, 0.2) is 101 Å². The van der Waals surface area contributed by atoms with E-state index in [2.05, 4.69) is 40.7 Å². The number of aromatic amines is 2. The van der Waals surface area contributed by atoms with E-state index in [-0.39, 0.29) is 27.8 Å². The fourth-order valence-corrected chi connectivity index (χ4v) is 9.46. The van der Waals surface area contributed by atoms with Crippen LogP contribution < -0.4 is 31.5 Å². The van der Waals surface area contributed by atoms with Crippen molar-refractivity contribution in [3.8, 4) is 34.0 Å². The Hall–Kier alpha value is -6.45. The van der Waals surface area contributed by atoms with Crippen LogP contribution in [-0.2, 0) is 51.3 Å². The molecular weight excluding hydrogens is 836 g/mol. The predicted molar refractivity (Wildman–Crippen MR) is 247 cm³/mol. The van der Waals surface area contributed by atoms with Gasteiger partial charge in [0.15, 0.2) is 0 Å². The normalized spacial score (nSPS) is 13.0. The van der Waals surface area contributed by atoms with Gasteiger partial charge in [-0.1, -0.05) is 90.1 Å². The summed E-state index contributed by atoms with van der Waals surface area (Å²) < 4.78 is 54.5. The fourth-order valence-electron chi connectivity index (χ4n) is 8.25. The third-order valence-electron chi connectivity index (χ3n) is 11.3. The van der Waals surface area contributed by atoms with Crippen LogP contribution in [0.3, 0.4) is 0 Å². The monoisotopic (exact) mass is 890 g/mol. The number of hydrogen-bond acceptors (Lipinski definition) is 9. The molecule has 13 nitrogen and oxygen atoms in total. The molecule has 15 heteroatoms. The number of primary sulfonamides is 1. The van der Waals surface area contributed by atoms with Gasteiger partial charge >= 0.3 is 0 Å². The van der Waals surface area contributed by atoms with Gasteiger partial charge in [0.1, 0.15) is 34.0 Å². The van der Waals surface area contributed by atoms with E-state index in [9.17, 15) is 22.8 Å². The Morgan fingerprint density at radius 2 is 1.22 bits per heavy atom. The molecule has 0 bridgehead atoms. The molecule has 6 N–H and O–H groups in total. The molecule has 6 aromatic rings. The molecule has 64 heavy (non-hydrogen) atoms. The van der Waals surface area contributed by atoms with Gasteiger partial charge in [-0.25, -0.2) is 27.9 Å². The molecule has 0 saturated carbocycles. The van der Waals surface area contributed by atoms with Gasteiger partial charge in [0.2, 0.25) is 15.9 Å². The van der Waals surface area contributed by atoms with Gasteiger partial charge in [0.05, 0.1) is 20.1 Å². The molecule has 1 amide bonds. The van der Waals surface area contributed by atoms with Gasteiger partial charge in [-0.3, -0.25) is 14.4 Å². The highest BCUT2D eigenvalue weighted by atomic mass is 32.2. The second-order valence-electron chi connectivity index (χ2n) is 17.9. The number of carbonyl (C=O) groups is 1. The van der Waals surface area contributed by atoms with E-state index in [1.807, 2.05) is 45.0 Å². The third-order valence-corrected chi connectivity index (χ3v) is 12.6. The summed E-state index contributed by atoms with van der Waals surface area (Å²) in [5.41, 5.74) is 10.2. The maximum Gasteiger partial charge on any atom is 0.274 e. The number of aromatic nitrogens is 4. The smallest absolute Gasteiger partial charge is 0.274 e. The van der Waals surface area contributed by atoms with Gasteiger partial charge in [-0.05, 0) is 88.1 Å². The quantitative estimate of drug-likeness (QED) is 0.0826. The summed E-state index contributed by atoms with van der Waals surface area (Å²) in [7, 11) is -1.29. The standard InChI is InChI=1S/C49H55FN6O7S/c1-48(2,3)36-27-34(40-46(58)55-23-21-53-40)25-32(42(36)62-7)19-13-28-9-15-30(16-10-28)37(45(51)57)44(64(52,60)61)31-17-11-29(12-18-31)14-20-33-26-35(41-47(59)56-24-22-54-41)39(50)38(43(33)63-8)49(4,5)6/h9-12,15-18,21-27,37,44H,13-14,19-20H2,1-8H3,(H2,51,57)(H,55,58)(H,56,59)(H2,52,60,61). The second-order valence-corrected chi connectivity index (χ2v) is 19.6. The van der Waals surface area contributed by atoms with Crippen LogP contribution in [0.5, 0.6) is 11.5 Å². The Morgan fingerprint density at radius 3 is 1.67 bits per heavy atom. The van der Waals surface area contributed by atoms with E-state index in [4.69, 9.17) is 20.3 Å². The van der Waals surface area contributed by atoms with Crippen LogP contribution >= 0.6 is 0 Å². The number of nitrogens with zero attached hydrogens (tertiary/aromatic N) is 2. The Kier molecular flexibility index (Phi) is 13.8. The molecule has 0 aliphatic rings. The van der Waals surface area contributed by atoms with Gasteiger partial charge in [-0.15, -0.1) is 0 Å². The summed E-state index contributed by atoms with van der Waals surface area (Å²) in [5.74, 6) is -1.69. The molecule has 6 rings (SSSR count). The van der Waals surface area contributed by atoms with Crippen molar-refractivity contribution in [2.24, 2.45) is 10.9 Å². The Morgan fingerprint density at radius 1 is 0.719 bits per heavy atom. The first-order valence-electron chi connectivity index (χ1n) is 20.8. The Bertz CT molecular complexity index is 2900.